The van der Waals surface area contributed by atoms with Crippen LogP contribution in [0.4, 0.5) is 24.9 Å². The first-order valence-corrected chi connectivity index (χ1v) is 6.27. The van der Waals surface area contributed by atoms with Crippen molar-refractivity contribution in [1.82, 2.24) is 9.97 Å². The fourth-order valence-corrected chi connectivity index (χ4v) is 1.98. The van der Waals surface area contributed by atoms with E-state index in [0.29, 0.717) is 6.54 Å². The number of anilines is 2. The van der Waals surface area contributed by atoms with Crippen LogP contribution in [0.1, 0.15) is 25.0 Å². The van der Waals surface area contributed by atoms with Gasteiger partial charge < -0.3 is 10.1 Å². The van der Waals surface area contributed by atoms with E-state index in [0.717, 1.165) is 31.9 Å². The largest absolute Gasteiger partial charge is 0.433 e. The summed E-state index contributed by atoms with van der Waals surface area (Å²) in [6, 6.07) is 0.857. The van der Waals surface area contributed by atoms with Gasteiger partial charge in [0.25, 0.3) is 0 Å². The van der Waals surface area contributed by atoms with Gasteiger partial charge in [-0.2, -0.15) is 18.2 Å². The van der Waals surface area contributed by atoms with Crippen LogP contribution in [0.3, 0.4) is 0 Å². The van der Waals surface area contributed by atoms with Crippen LogP contribution in [-0.4, -0.2) is 29.2 Å². The van der Waals surface area contributed by atoms with E-state index in [2.05, 4.69) is 15.3 Å². The number of hydrogen-bond acceptors (Lipinski definition) is 6. The Balaban J connectivity index is 1.98. The third-order valence-corrected chi connectivity index (χ3v) is 2.94. The normalized spacial score (nSPS) is 19.1. The van der Waals surface area contributed by atoms with E-state index in [1.165, 1.54) is 0 Å². The Hall–Kier alpha value is -1.61. The Kier molecular flexibility index (Phi) is 4.61. The zero-order chi connectivity index (χ0) is 14.6. The van der Waals surface area contributed by atoms with Gasteiger partial charge in [-0.25, -0.2) is 10.8 Å². The molecule has 0 aliphatic carbocycles. The highest BCUT2D eigenvalue weighted by Gasteiger charge is 2.33. The lowest BCUT2D eigenvalue weighted by Crippen LogP contribution is -2.18. The molecule has 1 aromatic rings. The van der Waals surface area contributed by atoms with Crippen LogP contribution in [0.15, 0.2) is 6.07 Å². The van der Waals surface area contributed by atoms with Crippen molar-refractivity contribution in [2.75, 3.05) is 23.9 Å². The maximum absolute atomic E-state index is 12.6. The van der Waals surface area contributed by atoms with Gasteiger partial charge in [-0.1, -0.05) is 0 Å². The molecule has 9 heteroatoms. The lowest BCUT2D eigenvalue weighted by atomic mass is 10.2. The second kappa shape index (κ2) is 6.23. The Bertz CT molecular complexity index is 448. The second-order valence-corrected chi connectivity index (χ2v) is 4.45. The SMILES string of the molecule is NNc1nc(NCCC2CCCO2)cc(C(F)(F)F)n1. The monoisotopic (exact) mass is 291 g/mol. The molecule has 0 radical (unpaired) electrons. The molecule has 1 aliphatic heterocycles. The molecular weight excluding hydrogens is 275 g/mol. The van der Waals surface area contributed by atoms with Crippen LogP contribution in [0, 0.1) is 0 Å². The molecular formula is C11H16F3N5O. The van der Waals surface area contributed by atoms with Gasteiger partial charge in [0, 0.05) is 19.2 Å². The first kappa shape index (κ1) is 14.8. The van der Waals surface area contributed by atoms with Crippen molar-refractivity contribution >= 4 is 11.8 Å². The van der Waals surface area contributed by atoms with Gasteiger partial charge in [0.2, 0.25) is 5.95 Å². The lowest BCUT2D eigenvalue weighted by Gasteiger charge is -2.13. The minimum atomic E-state index is -4.54. The summed E-state index contributed by atoms with van der Waals surface area (Å²) in [6.07, 6.45) is -1.65. The van der Waals surface area contributed by atoms with Crippen molar-refractivity contribution in [3.05, 3.63) is 11.8 Å². The predicted molar refractivity (Wildman–Crippen MR) is 66.9 cm³/mol. The van der Waals surface area contributed by atoms with Gasteiger partial charge in [0.15, 0.2) is 5.69 Å². The molecule has 2 heterocycles. The predicted octanol–water partition coefficient (Wildman–Crippen LogP) is 1.76. The van der Waals surface area contributed by atoms with E-state index in [1.807, 2.05) is 5.43 Å². The minimum absolute atomic E-state index is 0.0817. The Morgan fingerprint density at radius 3 is 2.80 bits per heavy atom. The average molecular weight is 291 g/mol. The summed E-state index contributed by atoms with van der Waals surface area (Å²) in [5, 5.41) is 2.83. The maximum atomic E-state index is 12.6. The Labute approximate surface area is 113 Å². The van der Waals surface area contributed by atoms with Crippen molar-refractivity contribution in [1.29, 1.82) is 0 Å². The number of nitrogens with two attached hydrogens (primary N) is 1. The zero-order valence-corrected chi connectivity index (χ0v) is 10.7. The summed E-state index contributed by atoms with van der Waals surface area (Å²) in [4.78, 5) is 7.10. The van der Waals surface area contributed by atoms with Crippen LogP contribution >= 0.6 is 0 Å². The van der Waals surface area contributed by atoms with Crippen LogP contribution < -0.4 is 16.6 Å². The third-order valence-electron chi connectivity index (χ3n) is 2.94. The fourth-order valence-electron chi connectivity index (χ4n) is 1.98. The molecule has 0 spiro atoms. The summed E-state index contributed by atoms with van der Waals surface area (Å²) < 4.78 is 43.4. The molecule has 20 heavy (non-hydrogen) atoms. The number of nitrogens with one attached hydrogen (secondary N) is 2. The van der Waals surface area contributed by atoms with E-state index in [1.54, 1.807) is 0 Å². The summed E-state index contributed by atoms with van der Waals surface area (Å²) >= 11 is 0. The molecule has 1 atom stereocenters. The molecule has 0 saturated carbocycles. The first-order valence-electron chi connectivity index (χ1n) is 6.27. The molecule has 2 rings (SSSR count). The quantitative estimate of drug-likeness (QED) is 0.566. The number of alkyl halides is 3. The van der Waals surface area contributed by atoms with Crippen LogP contribution in [0.5, 0.6) is 0 Å². The molecule has 112 valence electrons. The van der Waals surface area contributed by atoms with Gasteiger partial charge >= 0.3 is 6.18 Å². The molecule has 0 bridgehead atoms. The summed E-state index contributed by atoms with van der Waals surface area (Å²) in [5.41, 5.74) is 0.983. The van der Waals surface area contributed by atoms with E-state index < -0.39 is 11.9 Å². The second-order valence-electron chi connectivity index (χ2n) is 4.45. The van der Waals surface area contributed by atoms with Crippen LogP contribution in [0.2, 0.25) is 0 Å². The van der Waals surface area contributed by atoms with Crippen molar-refractivity contribution in [2.45, 2.75) is 31.5 Å². The molecule has 4 N–H and O–H groups in total. The minimum Gasteiger partial charge on any atom is -0.378 e. The fraction of sp³-hybridized carbons (Fsp3) is 0.636. The number of hydrogen-bond donors (Lipinski definition) is 3. The number of aromatic nitrogens is 2. The molecule has 1 aromatic heterocycles. The Morgan fingerprint density at radius 2 is 2.20 bits per heavy atom. The standard InChI is InChI=1S/C11H16F3N5O/c12-11(13,14)8-6-9(18-10(17-8)19-15)16-4-3-7-2-1-5-20-7/h6-7H,1-5,15H2,(H2,16,17,18,19). The third kappa shape index (κ3) is 3.94. The van der Waals surface area contributed by atoms with Crippen molar-refractivity contribution in [3.8, 4) is 0 Å². The number of hydrazine groups is 1. The van der Waals surface area contributed by atoms with Crippen molar-refractivity contribution in [2.24, 2.45) is 5.84 Å². The molecule has 0 aromatic carbocycles. The average Bonchev–Trinajstić information content (AvgIpc) is 2.90. The van der Waals surface area contributed by atoms with Gasteiger partial charge in [0.1, 0.15) is 5.82 Å². The van der Waals surface area contributed by atoms with Crippen molar-refractivity contribution < 1.29 is 17.9 Å². The zero-order valence-electron chi connectivity index (χ0n) is 10.7. The van der Waals surface area contributed by atoms with Gasteiger partial charge in [-0.05, 0) is 19.3 Å². The molecule has 6 nitrogen and oxygen atoms in total. The highest BCUT2D eigenvalue weighted by Crippen LogP contribution is 2.29. The number of halogens is 3. The first-order chi connectivity index (χ1) is 9.49. The van der Waals surface area contributed by atoms with Gasteiger partial charge in [0.05, 0.1) is 6.10 Å². The van der Waals surface area contributed by atoms with E-state index in [9.17, 15) is 13.2 Å². The van der Waals surface area contributed by atoms with Gasteiger partial charge in [-0.3, -0.25) is 5.43 Å². The number of rotatable bonds is 5. The molecule has 0 amide bonds. The van der Waals surface area contributed by atoms with Gasteiger partial charge in [-0.15, -0.1) is 0 Å². The molecule has 1 unspecified atom stereocenters. The Morgan fingerprint density at radius 1 is 1.40 bits per heavy atom. The summed E-state index contributed by atoms with van der Waals surface area (Å²) in [5.74, 6) is 4.87. The molecule has 1 fully saturated rings. The van der Waals surface area contributed by atoms with Crippen LogP contribution in [-0.2, 0) is 10.9 Å². The van der Waals surface area contributed by atoms with Crippen molar-refractivity contribution in [3.63, 3.8) is 0 Å². The summed E-state index contributed by atoms with van der Waals surface area (Å²) in [7, 11) is 0. The topological polar surface area (TPSA) is 85.1 Å². The maximum Gasteiger partial charge on any atom is 0.433 e. The van der Waals surface area contributed by atoms with Crippen LogP contribution in [0.25, 0.3) is 0 Å². The van der Waals surface area contributed by atoms with E-state index in [-0.39, 0.29) is 17.9 Å². The van der Waals surface area contributed by atoms with E-state index >= 15 is 0 Å². The number of nitrogens with zero attached hydrogens (tertiary/aromatic N) is 2. The molecule has 1 aliphatic rings. The summed E-state index contributed by atoms with van der Waals surface area (Å²) in [6.45, 7) is 1.22. The van der Waals surface area contributed by atoms with E-state index in [4.69, 9.17) is 10.6 Å². The molecule has 1 saturated heterocycles. The lowest BCUT2D eigenvalue weighted by molar-refractivity contribution is -0.141. The highest BCUT2D eigenvalue weighted by molar-refractivity contribution is 5.42. The number of ether oxygens (including phenoxy) is 1. The highest BCUT2D eigenvalue weighted by atomic mass is 19.4. The number of nitrogen functional groups attached to an aromatic ring is 1. The smallest absolute Gasteiger partial charge is 0.378 e.